The van der Waals surface area contributed by atoms with Crippen LogP contribution in [0.4, 0.5) is 0 Å². The van der Waals surface area contributed by atoms with Crippen molar-refractivity contribution in [1.82, 2.24) is 0 Å². The highest BCUT2D eigenvalue weighted by molar-refractivity contribution is 5.13. The van der Waals surface area contributed by atoms with E-state index in [0.29, 0.717) is 19.6 Å². The molecule has 1 aliphatic rings. The van der Waals surface area contributed by atoms with Crippen LogP contribution in [0.1, 0.15) is 25.3 Å². The molecule has 1 aromatic carbocycles. The van der Waals surface area contributed by atoms with Crippen LogP contribution in [0.25, 0.3) is 0 Å². The molecule has 104 valence electrons. The maximum Gasteiger partial charge on any atom is 0.155 e. The number of rotatable bonds is 5. The Morgan fingerprint density at radius 2 is 2.16 bits per heavy atom. The number of hydrogen-bond donors (Lipinski definition) is 1. The van der Waals surface area contributed by atoms with Crippen molar-refractivity contribution in [2.24, 2.45) is 5.41 Å². The summed E-state index contributed by atoms with van der Waals surface area (Å²) in [4.78, 5) is 0. The van der Waals surface area contributed by atoms with Crippen LogP contribution in [0.15, 0.2) is 43.0 Å². The smallest absolute Gasteiger partial charge is 0.155 e. The molecule has 0 bridgehead atoms. The number of benzene rings is 1. The molecule has 1 N–H and O–H groups in total. The van der Waals surface area contributed by atoms with Crippen LogP contribution in [0.2, 0.25) is 0 Å². The molecule has 0 radical (unpaired) electrons. The summed E-state index contributed by atoms with van der Waals surface area (Å²) < 4.78 is 11.2. The van der Waals surface area contributed by atoms with E-state index in [-0.39, 0.29) is 11.5 Å². The minimum atomic E-state index is -0.720. The van der Waals surface area contributed by atoms with Gasteiger partial charge in [0.25, 0.3) is 0 Å². The monoisotopic (exact) mass is 262 g/mol. The van der Waals surface area contributed by atoms with Crippen LogP contribution in [-0.2, 0) is 16.1 Å². The second-order valence-electron chi connectivity index (χ2n) is 5.48. The van der Waals surface area contributed by atoms with Crippen molar-refractivity contribution < 1.29 is 14.6 Å². The van der Waals surface area contributed by atoms with Crippen molar-refractivity contribution >= 4 is 0 Å². The van der Waals surface area contributed by atoms with E-state index in [1.165, 1.54) is 0 Å². The van der Waals surface area contributed by atoms with E-state index >= 15 is 0 Å². The van der Waals surface area contributed by atoms with Gasteiger partial charge in [0.05, 0.1) is 19.3 Å². The van der Waals surface area contributed by atoms with E-state index in [4.69, 9.17) is 9.47 Å². The summed E-state index contributed by atoms with van der Waals surface area (Å²) >= 11 is 0. The van der Waals surface area contributed by atoms with Crippen LogP contribution in [0.5, 0.6) is 0 Å². The van der Waals surface area contributed by atoms with Crippen molar-refractivity contribution in [2.75, 3.05) is 6.61 Å². The zero-order valence-electron chi connectivity index (χ0n) is 11.4. The predicted molar refractivity (Wildman–Crippen MR) is 74.5 cm³/mol. The third-order valence-electron chi connectivity index (χ3n) is 3.59. The Bertz CT molecular complexity index is 404. The standard InChI is InChI=1S/C16H22O3/c1-3-16(2)9-14(19-15(17)10-16)12-18-11-13-7-5-4-6-8-13/h3-8,14-15,17H,1,9-12H2,2H3/t14-,15-,16+/m1/s1. The molecule has 1 fully saturated rings. The van der Waals surface area contributed by atoms with E-state index in [9.17, 15) is 5.11 Å². The largest absolute Gasteiger partial charge is 0.374 e. The topological polar surface area (TPSA) is 38.7 Å². The minimum Gasteiger partial charge on any atom is -0.374 e. The summed E-state index contributed by atoms with van der Waals surface area (Å²) in [5.74, 6) is 0. The van der Waals surface area contributed by atoms with Gasteiger partial charge in [-0.25, -0.2) is 0 Å². The van der Waals surface area contributed by atoms with Gasteiger partial charge in [0.1, 0.15) is 0 Å². The second-order valence-corrected chi connectivity index (χ2v) is 5.48. The highest BCUT2D eigenvalue weighted by atomic mass is 16.6. The normalized spacial score (nSPS) is 31.1. The lowest BCUT2D eigenvalue weighted by Crippen LogP contribution is -2.40. The van der Waals surface area contributed by atoms with E-state index in [2.05, 4.69) is 13.5 Å². The quantitative estimate of drug-likeness (QED) is 0.829. The molecule has 1 aliphatic heterocycles. The fraction of sp³-hybridized carbons (Fsp3) is 0.500. The Morgan fingerprint density at radius 1 is 1.42 bits per heavy atom. The van der Waals surface area contributed by atoms with Gasteiger partial charge in [-0.1, -0.05) is 43.3 Å². The lowest BCUT2D eigenvalue weighted by molar-refractivity contribution is -0.200. The minimum absolute atomic E-state index is 0.0710. The van der Waals surface area contributed by atoms with Crippen LogP contribution in [0, 0.1) is 5.41 Å². The molecule has 0 amide bonds. The van der Waals surface area contributed by atoms with E-state index in [1.54, 1.807) is 0 Å². The van der Waals surface area contributed by atoms with Crippen molar-refractivity contribution in [2.45, 2.75) is 38.8 Å². The van der Waals surface area contributed by atoms with E-state index in [0.717, 1.165) is 12.0 Å². The van der Waals surface area contributed by atoms with Crippen molar-refractivity contribution in [1.29, 1.82) is 0 Å². The van der Waals surface area contributed by atoms with Gasteiger partial charge in [-0.3, -0.25) is 0 Å². The van der Waals surface area contributed by atoms with Gasteiger partial charge in [0.2, 0.25) is 0 Å². The summed E-state index contributed by atoms with van der Waals surface area (Å²) in [5.41, 5.74) is 1.07. The lowest BCUT2D eigenvalue weighted by Gasteiger charge is -2.38. The van der Waals surface area contributed by atoms with Gasteiger partial charge in [-0.15, -0.1) is 6.58 Å². The molecule has 1 saturated heterocycles. The molecule has 0 aliphatic carbocycles. The molecule has 19 heavy (non-hydrogen) atoms. The van der Waals surface area contributed by atoms with Crippen LogP contribution in [-0.4, -0.2) is 24.1 Å². The van der Waals surface area contributed by atoms with E-state index in [1.807, 2.05) is 36.4 Å². The van der Waals surface area contributed by atoms with Crippen LogP contribution >= 0.6 is 0 Å². The summed E-state index contributed by atoms with van der Waals surface area (Å²) in [6.45, 7) is 7.01. The summed E-state index contributed by atoms with van der Waals surface area (Å²) in [6.07, 6.45) is 2.55. The van der Waals surface area contributed by atoms with Gasteiger partial charge in [0.15, 0.2) is 6.29 Å². The average molecular weight is 262 g/mol. The molecule has 0 spiro atoms. The molecule has 0 aromatic heterocycles. The summed E-state index contributed by atoms with van der Waals surface area (Å²) in [7, 11) is 0. The second kappa shape index (κ2) is 6.33. The highest BCUT2D eigenvalue weighted by Gasteiger charge is 2.35. The first-order chi connectivity index (χ1) is 9.11. The van der Waals surface area contributed by atoms with Gasteiger partial charge in [0, 0.05) is 6.42 Å². The Labute approximate surface area is 114 Å². The molecular formula is C16H22O3. The Hall–Kier alpha value is -1.16. The fourth-order valence-electron chi connectivity index (χ4n) is 2.47. The average Bonchev–Trinajstić information content (AvgIpc) is 2.39. The summed E-state index contributed by atoms with van der Waals surface area (Å²) in [6, 6.07) is 10.0. The van der Waals surface area contributed by atoms with Crippen LogP contribution in [0.3, 0.4) is 0 Å². The van der Waals surface area contributed by atoms with Gasteiger partial charge in [-0.2, -0.15) is 0 Å². The van der Waals surface area contributed by atoms with Gasteiger partial charge >= 0.3 is 0 Å². The number of aliphatic hydroxyl groups excluding tert-OH is 1. The first-order valence-electron chi connectivity index (χ1n) is 6.70. The third-order valence-corrected chi connectivity index (χ3v) is 3.59. The molecule has 0 unspecified atom stereocenters. The molecule has 3 nitrogen and oxygen atoms in total. The van der Waals surface area contributed by atoms with Crippen LogP contribution < -0.4 is 0 Å². The Morgan fingerprint density at radius 3 is 2.84 bits per heavy atom. The first kappa shape index (κ1) is 14.3. The lowest BCUT2D eigenvalue weighted by atomic mass is 9.79. The molecule has 0 saturated carbocycles. The zero-order valence-corrected chi connectivity index (χ0v) is 11.4. The number of ether oxygens (including phenoxy) is 2. The number of allylic oxidation sites excluding steroid dienone is 1. The van der Waals surface area contributed by atoms with Gasteiger partial charge < -0.3 is 14.6 Å². The number of hydrogen-bond acceptors (Lipinski definition) is 3. The van der Waals surface area contributed by atoms with Crippen molar-refractivity contribution in [3.05, 3.63) is 48.6 Å². The molecule has 1 heterocycles. The van der Waals surface area contributed by atoms with Gasteiger partial charge in [-0.05, 0) is 17.4 Å². The third kappa shape index (κ3) is 4.16. The predicted octanol–water partition coefficient (Wildman–Crippen LogP) is 2.89. The Balaban J connectivity index is 1.81. The van der Waals surface area contributed by atoms with Crippen molar-refractivity contribution in [3.8, 4) is 0 Å². The fourth-order valence-corrected chi connectivity index (χ4v) is 2.47. The highest BCUT2D eigenvalue weighted by Crippen LogP contribution is 2.36. The Kier molecular flexibility index (Phi) is 4.75. The first-order valence-corrected chi connectivity index (χ1v) is 6.70. The zero-order chi connectivity index (χ0) is 13.7. The molecule has 3 atom stereocenters. The maximum atomic E-state index is 9.74. The number of aliphatic hydroxyl groups is 1. The SMILES string of the molecule is C=C[C@@]1(C)C[C@H](COCc2ccccc2)O[C@@H](O)C1. The molecule has 1 aromatic rings. The maximum absolute atomic E-state index is 9.74. The summed E-state index contributed by atoms with van der Waals surface area (Å²) in [5, 5.41) is 9.74. The van der Waals surface area contributed by atoms with E-state index < -0.39 is 6.29 Å². The molecule has 2 rings (SSSR count). The molecule has 3 heteroatoms. The molecular weight excluding hydrogens is 240 g/mol. The van der Waals surface area contributed by atoms with Crippen molar-refractivity contribution in [3.63, 3.8) is 0 Å².